The van der Waals surface area contributed by atoms with Crippen LogP contribution in [0.25, 0.3) is 99.5 Å². The first-order chi connectivity index (χ1) is 27.8. The van der Waals surface area contributed by atoms with Crippen molar-refractivity contribution in [1.29, 1.82) is 0 Å². The Balaban J connectivity index is 1.09. The number of aromatic nitrogens is 2. The molecule has 2 heteroatoms. The third-order valence-electron chi connectivity index (χ3n) is 11.3. The van der Waals surface area contributed by atoms with Crippen molar-refractivity contribution in [2.45, 2.75) is 0 Å². The standard InChI is InChI=1S/C54H36N2/c1-3-15-37(16-4-1)39-19-11-20-40(33-39)42-22-13-23-44(35-42)55-51-29-10-8-26-49(51)54-46(27-14-30-52(54)55)43-31-32-48-47-25-7-9-28-50(47)56(53(48)36-43)45-24-12-21-41(34-45)38-17-5-2-6-18-38/h1-36H. The van der Waals surface area contributed by atoms with Crippen LogP contribution in [0.1, 0.15) is 0 Å². The van der Waals surface area contributed by atoms with Crippen molar-refractivity contribution in [3.8, 4) is 55.9 Å². The number of benzene rings is 9. The molecule has 0 unspecified atom stereocenters. The molecule has 0 fully saturated rings. The van der Waals surface area contributed by atoms with Crippen LogP contribution in [-0.2, 0) is 0 Å². The van der Waals surface area contributed by atoms with E-state index >= 15 is 0 Å². The molecule has 2 nitrogen and oxygen atoms in total. The molecule has 9 aromatic carbocycles. The Labute approximate surface area is 325 Å². The quantitative estimate of drug-likeness (QED) is 0.162. The molecule has 0 saturated carbocycles. The summed E-state index contributed by atoms with van der Waals surface area (Å²) in [6.07, 6.45) is 0. The Morgan fingerprint density at radius 3 is 1.36 bits per heavy atom. The van der Waals surface area contributed by atoms with Crippen LogP contribution in [0.4, 0.5) is 0 Å². The van der Waals surface area contributed by atoms with Crippen molar-refractivity contribution in [2.75, 3.05) is 0 Å². The molecule has 2 aromatic heterocycles. The minimum absolute atomic E-state index is 1.14. The van der Waals surface area contributed by atoms with Gasteiger partial charge in [0.15, 0.2) is 0 Å². The molecule has 0 spiro atoms. The van der Waals surface area contributed by atoms with E-state index in [1.54, 1.807) is 0 Å². The molecular formula is C54H36N2. The van der Waals surface area contributed by atoms with Crippen molar-refractivity contribution in [3.05, 3.63) is 218 Å². The van der Waals surface area contributed by atoms with E-state index in [9.17, 15) is 0 Å². The number of fused-ring (bicyclic) bond motifs is 6. The zero-order chi connectivity index (χ0) is 37.0. The SMILES string of the molecule is c1ccc(-c2cccc(-c3cccc(-n4c5ccccc5c5c(-c6ccc7c8ccccc8n(-c8cccc(-c9ccccc9)c8)c7c6)cccc54)c3)c2)cc1. The molecule has 0 aliphatic rings. The Bertz CT molecular complexity index is 3240. The van der Waals surface area contributed by atoms with Crippen LogP contribution in [0, 0.1) is 0 Å². The lowest BCUT2D eigenvalue weighted by molar-refractivity contribution is 1.18. The monoisotopic (exact) mass is 712 g/mol. The van der Waals surface area contributed by atoms with Gasteiger partial charge >= 0.3 is 0 Å². The van der Waals surface area contributed by atoms with Gasteiger partial charge in [-0.25, -0.2) is 0 Å². The van der Waals surface area contributed by atoms with Gasteiger partial charge in [0, 0.05) is 32.9 Å². The van der Waals surface area contributed by atoms with Gasteiger partial charge in [-0.15, -0.1) is 0 Å². The van der Waals surface area contributed by atoms with E-state index in [2.05, 4.69) is 228 Å². The molecule has 0 aliphatic heterocycles. The molecule has 11 rings (SSSR count). The highest BCUT2D eigenvalue weighted by Gasteiger charge is 2.19. The van der Waals surface area contributed by atoms with Crippen molar-refractivity contribution in [2.24, 2.45) is 0 Å². The van der Waals surface area contributed by atoms with Gasteiger partial charge in [0.05, 0.1) is 22.1 Å². The molecule has 56 heavy (non-hydrogen) atoms. The summed E-state index contributed by atoms with van der Waals surface area (Å²) in [4.78, 5) is 0. The lowest BCUT2D eigenvalue weighted by atomic mass is 9.98. The molecule has 0 N–H and O–H groups in total. The van der Waals surface area contributed by atoms with E-state index in [0.29, 0.717) is 0 Å². The fraction of sp³-hybridized carbons (Fsp3) is 0. The van der Waals surface area contributed by atoms with E-state index in [-0.39, 0.29) is 0 Å². The highest BCUT2D eigenvalue weighted by Crippen LogP contribution is 2.41. The van der Waals surface area contributed by atoms with Gasteiger partial charge in [0.25, 0.3) is 0 Å². The molecule has 2 heterocycles. The highest BCUT2D eigenvalue weighted by atomic mass is 15.0. The van der Waals surface area contributed by atoms with Gasteiger partial charge in [-0.05, 0) is 99.1 Å². The van der Waals surface area contributed by atoms with E-state index in [0.717, 1.165) is 11.4 Å². The van der Waals surface area contributed by atoms with Gasteiger partial charge in [0.1, 0.15) is 0 Å². The summed E-state index contributed by atoms with van der Waals surface area (Å²) in [6.45, 7) is 0. The maximum absolute atomic E-state index is 2.43. The zero-order valence-corrected chi connectivity index (χ0v) is 30.7. The van der Waals surface area contributed by atoms with Crippen LogP contribution in [0.15, 0.2) is 218 Å². The summed E-state index contributed by atoms with van der Waals surface area (Å²) in [5, 5.41) is 5.00. The van der Waals surface area contributed by atoms with Gasteiger partial charge in [-0.2, -0.15) is 0 Å². The molecule has 0 saturated heterocycles. The maximum atomic E-state index is 2.43. The van der Waals surface area contributed by atoms with Crippen molar-refractivity contribution in [1.82, 2.24) is 9.13 Å². The van der Waals surface area contributed by atoms with Gasteiger partial charge in [-0.1, -0.05) is 164 Å². The van der Waals surface area contributed by atoms with Crippen molar-refractivity contribution in [3.63, 3.8) is 0 Å². The second-order valence-electron chi connectivity index (χ2n) is 14.6. The summed E-state index contributed by atoms with van der Waals surface area (Å²) in [5.41, 5.74) is 16.7. The third-order valence-corrected chi connectivity index (χ3v) is 11.3. The van der Waals surface area contributed by atoms with Crippen molar-refractivity contribution < 1.29 is 0 Å². The lowest BCUT2D eigenvalue weighted by Crippen LogP contribution is -1.95. The minimum Gasteiger partial charge on any atom is -0.309 e. The topological polar surface area (TPSA) is 9.86 Å². The molecule has 11 aromatic rings. The predicted molar refractivity (Wildman–Crippen MR) is 237 cm³/mol. The maximum Gasteiger partial charge on any atom is 0.0547 e. The van der Waals surface area contributed by atoms with Crippen LogP contribution in [0.5, 0.6) is 0 Å². The van der Waals surface area contributed by atoms with Crippen molar-refractivity contribution >= 4 is 43.6 Å². The van der Waals surface area contributed by atoms with Gasteiger partial charge in [0.2, 0.25) is 0 Å². The summed E-state index contributed by atoms with van der Waals surface area (Å²) in [5.74, 6) is 0. The second-order valence-corrected chi connectivity index (χ2v) is 14.6. The first-order valence-corrected chi connectivity index (χ1v) is 19.3. The molecule has 262 valence electrons. The lowest BCUT2D eigenvalue weighted by Gasteiger charge is -2.12. The first kappa shape index (κ1) is 32.0. The Morgan fingerprint density at radius 1 is 0.232 bits per heavy atom. The number of para-hydroxylation sites is 2. The summed E-state index contributed by atoms with van der Waals surface area (Å²) in [6, 6.07) is 79.4. The number of rotatable bonds is 6. The summed E-state index contributed by atoms with van der Waals surface area (Å²) in [7, 11) is 0. The van der Waals surface area contributed by atoms with E-state index < -0.39 is 0 Å². The Hall–Kier alpha value is -7.42. The largest absolute Gasteiger partial charge is 0.309 e. The van der Waals surface area contributed by atoms with Crippen LogP contribution in [0.3, 0.4) is 0 Å². The molecule has 0 bridgehead atoms. The summed E-state index contributed by atoms with van der Waals surface area (Å²) >= 11 is 0. The average molecular weight is 713 g/mol. The second kappa shape index (κ2) is 13.2. The number of hydrogen-bond acceptors (Lipinski definition) is 0. The number of hydrogen-bond donors (Lipinski definition) is 0. The van der Waals surface area contributed by atoms with Gasteiger partial charge in [-0.3, -0.25) is 0 Å². The van der Waals surface area contributed by atoms with Crippen LogP contribution in [0.2, 0.25) is 0 Å². The number of nitrogens with zero attached hydrogens (tertiary/aromatic N) is 2. The Kier molecular flexibility index (Phi) is 7.53. The summed E-state index contributed by atoms with van der Waals surface area (Å²) < 4.78 is 4.87. The van der Waals surface area contributed by atoms with Crippen LogP contribution >= 0.6 is 0 Å². The van der Waals surface area contributed by atoms with Gasteiger partial charge < -0.3 is 9.13 Å². The molecular weight excluding hydrogens is 677 g/mol. The van der Waals surface area contributed by atoms with E-state index in [4.69, 9.17) is 0 Å². The van der Waals surface area contributed by atoms with E-state index in [1.165, 1.54) is 88.1 Å². The fourth-order valence-electron chi connectivity index (χ4n) is 8.74. The van der Waals surface area contributed by atoms with Crippen LogP contribution < -0.4 is 0 Å². The highest BCUT2D eigenvalue weighted by molar-refractivity contribution is 6.17. The predicted octanol–water partition coefficient (Wildman–Crippen LogP) is 14.5. The first-order valence-electron chi connectivity index (χ1n) is 19.3. The molecule has 0 amide bonds. The van der Waals surface area contributed by atoms with E-state index in [1.807, 2.05) is 0 Å². The third kappa shape index (κ3) is 5.26. The zero-order valence-electron chi connectivity index (χ0n) is 30.7. The molecule has 0 atom stereocenters. The minimum atomic E-state index is 1.14. The Morgan fingerprint density at radius 2 is 0.679 bits per heavy atom. The smallest absolute Gasteiger partial charge is 0.0547 e. The van der Waals surface area contributed by atoms with Crippen LogP contribution in [-0.4, -0.2) is 9.13 Å². The average Bonchev–Trinajstić information content (AvgIpc) is 3.80. The molecule has 0 radical (unpaired) electrons. The normalized spacial score (nSPS) is 11.6. The molecule has 0 aliphatic carbocycles. The fourth-order valence-corrected chi connectivity index (χ4v) is 8.74.